The van der Waals surface area contributed by atoms with Gasteiger partial charge in [-0.2, -0.15) is 0 Å². The van der Waals surface area contributed by atoms with Crippen LogP contribution in [0.3, 0.4) is 0 Å². The Hall–Kier alpha value is -1.62. The number of carbonyl (C=O) groups excluding carboxylic acids is 1. The Bertz CT molecular complexity index is 654. The number of aromatic nitrogens is 1. The van der Waals surface area contributed by atoms with Crippen LogP contribution >= 0.6 is 0 Å². The van der Waals surface area contributed by atoms with Gasteiger partial charge in [0.05, 0.1) is 0 Å². The van der Waals surface area contributed by atoms with Crippen LogP contribution in [0.4, 0.5) is 0 Å². The Kier molecular flexibility index (Phi) is 3.33. The highest BCUT2D eigenvalue weighted by Gasteiger charge is 2.44. The highest BCUT2D eigenvalue weighted by molar-refractivity contribution is 5.66. The molecule has 0 aliphatic carbocycles. The maximum atomic E-state index is 12.1. The van der Waals surface area contributed by atoms with E-state index < -0.39 is 0 Å². The number of esters is 1. The Labute approximate surface area is 129 Å². The van der Waals surface area contributed by atoms with Crippen molar-refractivity contribution in [2.75, 3.05) is 13.1 Å². The lowest BCUT2D eigenvalue weighted by atomic mass is 9.75. The summed E-state index contributed by atoms with van der Waals surface area (Å²) in [6, 6.07) is 6.08. The molecule has 5 heteroatoms. The van der Waals surface area contributed by atoms with Gasteiger partial charge < -0.3 is 9.30 Å². The molecule has 0 aromatic carbocycles. The first-order valence-electron chi connectivity index (χ1n) is 8.23. The van der Waals surface area contributed by atoms with Gasteiger partial charge in [0.25, 0.3) is 5.56 Å². The zero-order chi connectivity index (χ0) is 15.3. The van der Waals surface area contributed by atoms with Crippen LogP contribution in [0.25, 0.3) is 0 Å². The molecule has 0 N–H and O–H groups in total. The number of rotatable bonds is 1. The van der Waals surface area contributed by atoms with Crippen molar-refractivity contribution in [1.82, 2.24) is 9.47 Å². The van der Waals surface area contributed by atoms with E-state index in [2.05, 4.69) is 11.0 Å². The molecule has 2 saturated heterocycles. The molecule has 0 spiro atoms. The van der Waals surface area contributed by atoms with E-state index in [1.807, 2.05) is 10.6 Å². The van der Waals surface area contributed by atoms with Crippen LogP contribution < -0.4 is 5.56 Å². The largest absolute Gasteiger partial charge is 0.462 e. The number of ether oxygens (including phenoxy) is 1. The molecule has 0 amide bonds. The maximum Gasteiger partial charge on any atom is 0.302 e. The number of piperidine rings is 2. The number of hydrogen-bond acceptors (Lipinski definition) is 4. The summed E-state index contributed by atoms with van der Waals surface area (Å²) in [7, 11) is 0. The molecular formula is C17H22N2O3. The summed E-state index contributed by atoms with van der Waals surface area (Å²) in [6.45, 7) is 4.31. The number of fused-ring (bicyclic) bond motifs is 6. The van der Waals surface area contributed by atoms with Gasteiger partial charge in [-0.15, -0.1) is 0 Å². The predicted molar refractivity (Wildman–Crippen MR) is 81.7 cm³/mol. The van der Waals surface area contributed by atoms with Crippen molar-refractivity contribution < 1.29 is 9.53 Å². The van der Waals surface area contributed by atoms with Crippen molar-refractivity contribution >= 4 is 5.97 Å². The Morgan fingerprint density at radius 2 is 2.14 bits per heavy atom. The molecule has 0 saturated carbocycles. The first-order valence-corrected chi connectivity index (χ1v) is 8.23. The first kappa shape index (κ1) is 14.0. The topological polar surface area (TPSA) is 51.5 Å². The third kappa shape index (κ3) is 2.28. The predicted octanol–water partition coefficient (Wildman–Crippen LogP) is 1.36. The molecule has 22 heavy (non-hydrogen) atoms. The summed E-state index contributed by atoms with van der Waals surface area (Å²) in [5.41, 5.74) is 1.32. The molecule has 3 aliphatic rings. The summed E-state index contributed by atoms with van der Waals surface area (Å²) in [5.74, 6) is 0.774. The number of pyridine rings is 1. The van der Waals surface area contributed by atoms with Crippen molar-refractivity contribution in [3.63, 3.8) is 0 Å². The van der Waals surface area contributed by atoms with Gasteiger partial charge in [0.1, 0.15) is 6.10 Å². The highest BCUT2D eigenvalue weighted by Crippen LogP contribution is 2.41. The highest BCUT2D eigenvalue weighted by atomic mass is 16.5. The molecule has 2 bridgehead atoms. The van der Waals surface area contributed by atoms with E-state index in [1.54, 1.807) is 6.07 Å². The number of nitrogens with zero attached hydrogens (tertiary/aromatic N) is 2. The molecule has 1 aromatic rings. The molecule has 2 fully saturated rings. The van der Waals surface area contributed by atoms with E-state index in [9.17, 15) is 9.59 Å². The lowest BCUT2D eigenvalue weighted by molar-refractivity contribution is -0.151. The summed E-state index contributed by atoms with van der Waals surface area (Å²) in [6.07, 6.45) is 3.03. The van der Waals surface area contributed by atoms with Crippen LogP contribution in [0.2, 0.25) is 0 Å². The molecule has 118 valence electrons. The van der Waals surface area contributed by atoms with Gasteiger partial charge in [-0.3, -0.25) is 14.5 Å². The molecular weight excluding hydrogens is 280 g/mol. The molecule has 0 radical (unpaired) electrons. The van der Waals surface area contributed by atoms with Crippen LogP contribution in [-0.4, -0.2) is 40.7 Å². The van der Waals surface area contributed by atoms with Gasteiger partial charge in [-0.1, -0.05) is 6.07 Å². The van der Waals surface area contributed by atoms with E-state index in [1.165, 1.54) is 12.6 Å². The Balaban J connectivity index is 1.60. The fourth-order valence-electron chi connectivity index (χ4n) is 4.68. The van der Waals surface area contributed by atoms with Crippen molar-refractivity contribution in [3.8, 4) is 0 Å². The monoisotopic (exact) mass is 302 g/mol. The number of carbonyl (C=O) groups is 1. The molecule has 4 heterocycles. The van der Waals surface area contributed by atoms with Gasteiger partial charge in [0.15, 0.2) is 0 Å². The van der Waals surface area contributed by atoms with Gasteiger partial charge >= 0.3 is 5.97 Å². The molecule has 4 rings (SSSR count). The van der Waals surface area contributed by atoms with Crippen molar-refractivity contribution in [1.29, 1.82) is 0 Å². The second-order valence-electron chi connectivity index (χ2n) is 6.91. The van der Waals surface area contributed by atoms with Crippen LogP contribution in [0.5, 0.6) is 0 Å². The fraction of sp³-hybridized carbons (Fsp3) is 0.647. The van der Waals surface area contributed by atoms with Crippen LogP contribution in [0.1, 0.15) is 37.8 Å². The smallest absolute Gasteiger partial charge is 0.302 e. The summed E-state index contributed by atoms with van der Waals surface area (Å²) in [4.78, 5) is 25.9. The SMILES string of the molecule is CC(=O)O[C@H]1CCN2C[C@H]3C[C@H](Cn4c3cccc4=O)[C@H]2C1. The minimum Gasteiger partial charge on any atom is -0.462 e. The molecule has 5 nitrogen and oxygen atoms in total. The van der Waals surface area contributed by atoms with Crippen molar-refractivity contribution in [2.45, 2.75) is 50.8 Å². The Morgan fingerprint density at radius 3 is 2.95 bits per heavy atom. The number of hydrogen-bond donors (Lipinski definition) is 0. The zero-order valence-corrected chi connectivity index (χ0v) is 12.9. The van der Waals surface area contributed by atoms with Gasteiger partial charge in [-0.25, -0.2) is 0 Å². The van der Waals surface area contributed by atoms with Crippen molar-refractivity contribution in [2.24, 2.45) is 5.92 Å². The summed E-state index contributed by atoms with van der Waals surface area (Å²) in [5, 5.41) is 0. The minimum absolute atomic E-state index is 0.0455. The van der Waals surface area contributed by atoms with Gasteiger partial charge in [0.2, 0.25) is 0 Å². The van der Waals surface area contributed by atoms with E-state index >= 15 is 0 Å². The summed E-state index contributed by atoms with van der Waals surface area (Å²) < 4.78 is 7.40. The van der Waals surface area contributed by atoms with Gasteiger partial charge in [-0.05, 0) is 24.8 Å². The normalized spacial score (nSPS) is 33.7. The molecule has 1 aromatic heterocycles. The fourth-order valence-corrected chi connectivity index (χ4v) is 4.68. The van der Waals surface area contributed by atoms with Crippen LogP contribution in [0, 0.1) is 5.92 Å². The van der Waals surface area contributed by atoms with Crippen molar-refractivity contribution in [3.05, 3.63) is 34.2 Å². The average molecular weight is 302 g/mol. The second-order valence-corrected chi connectivity index (χ2v) is 6.91. The lowest BCUT2D eigenvalue weighted by Gasteiger charge is -2.51. The lowest BCUT2D eigenvalue weighted by Crippen LogP contribution is -2.57. The molecule has 0 unspecified atom stereocenters. The van der Waals surface area contributed by atoms with E-state index in [0.717, 1.165) is 38.9 Å². The van der Waals surface area contributed by atoms with Crippen LogP contribution in [-0.2, 0) is 16.1 Å². The molecule has 4 atom stereocenters. The molecule has 3 aliphatic heterocycles. The third-order valence-corrected chi connectivity index (χ3v) is 5.55. The van der Waals surface area contributed by atoms with E-state index in [0.29, 0.717) is 17.9 Å². The van der Waals surface area contributed by atoms with E-state index in [-0.39, 0.29) is 17.6 Å². The minimum atomic E-state index is -0.183. The standard InChI is InChI=1S/C17H22N2O3/c1-11(20)22-14-5-6-18-9-12-7-13(16(18)8-14)10-19-15(12)3-2-4-17(19)21/h2-4,12-14,16H,5-10H2,1H3/t12-,13-,14+,16-/m1/s1. The quantitative estimate of drug-likeness (QED) is 0.735. The van der Waals surface area contributed by atoms with Crippen LogP contribution in [0.15, 0.2) is 23.0 Å². The van der Waals surface area contributed by atoms with E-state index in [4.69, 9.17) is 4.74 Å². The third-order valence-electron chi connectivity index (χ3n) is 5.55. The van der Waals surface area contributed by atoms with Gasteiger partial charge in [0, 0.05) is 56.7 Å². The second kappa shape index (κ2) is 5.23. The maximum absolute atomic E-state index is 12.1. The average Bonchev–Trinajstić information content (AvgIpc) is 2.49. The summed E-state index contributed by atoms with van der Waals surface area (Å²) >= 11 is 0. The first-order chi connectivity index (χ1) is 10.6. The zero-order valence-electron chi connectivity index (χ0n) is 12.9. The Morgan fingerprint density at radius 1 is 1.27 bits per heavy atom.